The first kappa shape index (κ1) is 17.6. The summed E-state index contributed by atoms with van der Waals surface area (Å²) in [4.78, 5) is 43.6. The number of nitrogens with zero attached hydrogens (tertiary/aromatic N) is 3. The highest BCUT2D eigenvalue weighted by Crippen LogP contribution is 2.44. The quantitative estimate of drug-likeness (QED) is 0.798. The van der Waals surface area contributed by atoms with Crippen LogP contribution in [0.5, 0.6) is 0 Å². The van der Waals surface area contributed by atoms with E-state index in [2.05, 4.69) is 5.32 Å². The Hall–Kier alpha value is -1.79. The molecule has 0 aromatic heterocycles. The van der Waals surface area contributed by atoms with E-state index in [4.69, 9.17) is 0 Å². The molecule has 3 aliphatic heterocycles. The minimum absolute atomic E-state index is 0.0231. The summed E-state index contributed by atoms with van der Waals surface area (Å²) in [7, 11) is 0. The second-order valence-corrected chi connectivity index (χ2v) is 8.56. The lowest BCUT2D eigenvalue weighted by atomic mass is 9.79. The van der Waals surface area contributed by atoms with Gasteiger partial charge >= 0.3 is 6.03 Å². The monoisotopic (exact) mass is 362 g/mol. The van der Waals surface area contributed by atoms with Crippen molar-refractivity contribution in [3.8, 4) is 0 Å². The van der Waals surface area contributed by atoms with Gasteiger partial charge in [0.1, 0.15) is 0 Å². The molecular weight excluding hydrogens is 332 g/mol. The lowest BCUT2D eigenvalue weighted by Gasteiger charge is -2.32. The first-order valence-corrected chi connectivity index (χ1v) is 10.1. The largest absolute Gasteiger partial charge is 0.342 e. The highest BCUT2D eigenvalue weighted by Gasteiger charge is 2.59. The van der Waals surface area contributed by atoms with Crippen LogP contribution in [0.25, 0.3) is 0 Å². The van der Waals surface area contributed by atoms with Gasteiger partial charge in [-0.15, -0.1) is 0 Å². The first-order chi connectivity index (χ1) is 12.5. The Kier molecular flexibility index (Phi) is 4.57. The van der Waals surface area contributed by atoms with Crippen LogP contribution in [0.1, 0.15) is 45.4 Å². The predicted octanol–water partition coefficient (Wildman–Crippen LogP) is 1.04. The maximum Gasteiger partial charge on any atom is 0.317 e. The topological polar surface area (TPSA) is 73.0 Å². The highest BCUT2D eigenvalue weighted by molar-refractivity contribution is 5.88. The second-order valence-electron chi connectivity index (χ2n) is 8.56. The molecule has 0 bridgehead atoms. The van der Waals surface area contributed by atoms with E-state index in [-0.39, 0.29) is 29.8 Å². The molecule has 1 saturated carbocycles. The van der Waals surface area contributed by atoms with E-state index in [0.29, 0.717) is 26.2 Å². The van der Waals surface area contributed by atoms with Gasteiger partial charge in [-0.2, -0.15) is 0 Å². The molecule has 3 saturated heterocycles. The molecule has 0 radical (unpaired) electrons. The third-order valence-corrected chi connectivity index (χ3v) is 6.84. The van der Waals surface area contributed by atoms with Crippen LogP contribution in [0.4, 0.5) is 4.79 Å². The molecule has 7 nitrogen and oxygen atoms in total. The molecule has 4 aliphatic rings. The maximum atomic E-state index is 13.4. The molecule has 144 valence electrons. The van der Waals surface area contributed by atoms with Crippen LogP contribution in [0, 0.1) is 11.3 Å². The molecule has 0 unspecified atom stereocenters. The van der Waals surface area contributed by atoms with E-state index < -0.39 is 5.41 Å². The summed E-state index contributed by atoms with van der Waals surface area (Å²) in [5.41, 5.74) is -0.608. The van der Waals surface area contributed by atoms with E-state index in [9.17, 15) is 14.4 Å². The Morgan fingerprint density at radius 1 is 0.885 bits per heavy atom. The van der Waals surface area contributed by atoms with Crippen molar-refractivity contribution in [3.05, 3.63) is 0 Å². The van der Waals surface area contributed by atoms with Crippen molar-refractivity contribution in [2.45, 2.75) is 51.5 Å². The van der Waals surface area contributed by atoms with Crippen LogP contribution < -0.4 is 5.32 Å². The van der Waals surface area contributed by atoms with Crippen molar-refractivity contribution in [2.24, 2.45) is 11.3 Å². The number of amides is 4. The van der Waals surface area contributed by atoms with Crippen molar-refractivity contribution in [3.63, 3.8) is 0 Å². The van der Waals surface area contributed by atoms with E-state index in [1.165, 1.54) is 12.8 Å². The van der Waals surface area contributed by atoms with E-state index >= 15 is 0 Å². The molecule has 1 N–H and O–H groups in total. The van der Waals surface area contributed by atoms with Crippen LogP contribution in [0.2, 0.25) is 0 Å². The molecule has 4 amide bonds. The Morgan fingerprint density at radius 2 is 1.50 bits per heavy atom. The molecule has 0 aromatic rings. The molecule has 1 aliphatic carbocycles. The average molecular weight is 362 g/mol. The molecule has 4 rings (SSSR count). The fraction of sp³-hybridized carbons (Fsp3) is 0.842. The molecule has 7 heteroatoms. The molecule has 2 atom stereocenters. The zero-order chi connectivity index (χ0) is 18.3. The lowest BCUT2D eigenvalue weighted by molar-refractivity contribution is -0.141. The number of fused-ring (bicyclic) bond motifs is 1. The zero-order valence-corrected chi connectivity index (χ0v) is 15.7. The highest BCUT2D eigenvalue weighted by atomic mass is 16.2. The van der Waals surface area contributed by atoms with E-state index in [0.717, 1.165) is 38.8 Å². The third kappa shape index (κ3) is 2.95. The molecule has 0 spiro atoms. The van der Waals surface area contributed by atoms with Crippen LogP contribution in [0.3, 0.4) is 0 Å². The van der Waals surface area contributed by atoms with Gasteiger partial charge in [0.15, 0.2) is 0 Å². The van der Waals surface area contributed by atoms with Gasteiger partial charge in [0.2, 0.25) is 11.8 Å². The van der Waals surface area contributed by atoms with Crippen LogP contribution in [-0.2, 0) is 9.59 Å². The number of nitrogens with one attached hydrogen (secondary N) is 1. The fourth-order valence-corrected chi connectivity index (χ4v) is 5.33. The van der Waals surface area contributed by atoms with Crippen LogP contribution >= 0.6 is 0 Å². The fourth-order valence-electron chi connectivity index (χ4n) is 5.33. The molecule has 0 aromatic carbocycles. The Bertz CT molecular complexity index is 598. The normalized spacial score (nSPS) is 31.6. The van der Waals surface area contributed by atoms with Crippen molar-refractivity contribution >= 4 is 17.8 Å². The predicted molar refractivity (Wildman–Crippen MR) is 96.4 cm³/mol. The van der Waals surface area contributed by atoms with Crippen molar-refractivity contribution in [1.82, 2.24) is 20.0 Å². The summed E-state index contributed by atoms with van der Waals surface area (Å²) < 4.78 is 0. The van der Waals surface area contributed by atoms with E-state index in [1.807, 2.05) is 9.80 Å². The molecule has 26 heavy (non-hydrogen) atoms. The minimum Gasteiger partial charge on any atom is -0.342 e. The van der Waals surface area contributed by atoms with Gasteiger partial charge in [0.05, 0.1) is 5.41 Å². The first-order valence-electron chi connectivity index (χ1n) is 10.1. The number of likely N-dealkylation sites (tertiary alicyclic amines) is 3. The average Bonchev–Trinajstić information content (AvgIpc) is 3.36. The van der Waals surface area contributed by atoms with Gasteiger partial charge in [0.25, 0.3) is 0 Å². The number of hydrogen-bond acceptors (Lipinski definition) is 3. The standard InChI is InChI=1S/C19H30N4O3/c1-14(24)22-10-15-11-23(18(26)20-16-6-2-3-7-16)13-19(15,12-22)17(25)21-8-4-5-9-21/h15-16H,2-13H2,1H3,(H,20,26)/t15-,19-/m0/s1. The molecule has 4 fully saturated rings. The van der Waals surface area contributed by atoms with Gasteiger partial charge in [0, 0.05) is 58.2 Å². The summed E-state index contributed by atoms with van der Waals surface area (Å²) in [6.07, 6.45) is 6.57. The van der Waals surface area contributed by atoms with E-state index in [1.54, 1.807) is 11.8 Å². The van der Waals surface area contributed by atoms with Gasteiger partial charge in [-0.1, -0.05) is 12.8 Å². The van der Waals surface area contributed by atoms with Gasteiger partial charge in [-0.05, 0) is 25.7 Å². The molecular formula is C19H30N4O3. The Labute approximate surface area is 155 Å². The summed E-state index contributed by atoms with van der Waals surface area (Å²) in [5, 5.41) is 3.15. The van der Waals surface area contributed by atoms with Crippen molar-refractivity contribution < 1.29 is 14.4 Å². The van der Waals surface area contributed by atoms with Gasteiger partial charge in [-0.25, -0.2) is 4.79 Å². The Morgan fingerprint density at radius 3 is 2.15 bits per heavy atom. The van der Waals surface area contributed by atoms with Gasteiger partial charge in [-0.3, -0.25) is 9.59 Å². The lowest BCUT2D eigenvalue weighted by Crippen LogP contribution is -2.50. The number of rotatable bonds is 2. The minimum atomic E-state index is -0.608. The number of hydrogen-bond donors (Lipinski definition) is 1. The zero-order valence-electron chi connectivity index (χ0n) is 15.7. The Balaban J connectivity index is 1.50. The molecule has 3 heterocycles. The van der Waals surface area contributed by atoms with Crippen molar-refractivity contribution in [2.75, 3.05) is 39.3 Å². The van der Waals surface area contributed by atoms with Crippen LogP contribution in [0.15, 0.2) is 0 Å². The number of carbonyl (C=O) groups is 3. The second kappa shape index (κ2) is 6.74. The van der Waals surface area contributed by atoms with Crippen molar-refractivity contribution in [1.29, 1.82) is 0 Å². The summed E-state index contributed by atoms with van der Waals surface area (Å²) in [6, 6.07) is 0.246. The van der Waals surface area contributed by atoms with Crippen LogP contribution in [-0.4, -0.2) is 77.9 Å². The number of urea groups is 1. The SMILES string of the molecule is CC(=O)N1C[C@H]2CN(C(=O)NC3CCCC3)C[C@@]2(C(=O)N2CCCC2)C1. The number of carbonyl (C=O) groups excluding carboxylic acids is 3. The van der Waals surface area contributed by atoms with Gasteiger partial charge < -0.3 is 20.0 Å². The smallest absolute Gasteiger partial charge is 0.317 e. The maximum absolute atomic E-state index is 13.4. The summed E-state index contributed by atoms with van der Waals surface area (Å²) in [5.74, 6) is 0.226. The summed E-state index contributed by atoms with van der Waals surface area (Å²) >= 11 is 0. The summed E-state index contributed by atoms with van der Waals surface area (Å²) in [6.45, 7) is 5.23. The third-order valence-electron chi connectivity index (χ3n) is 6.84.